The second-order valence-electron chi connectivity index (χ2n) is 7.68. The fourth-order valence-corrected chi connectivity index (χ4v) is 4.38. The summed E-state index contributed by atoms with van der Waals surface area (Å²) in [6.45, 7) is 4.80. The number of amides is 1. The normalized spacial score (nSPS) is 14.6. The minimum atomic E-state index is -3.53. The Balaban J connectivity index is 1.57. The molecule has 0 aromatic heterocycles. The fourth-order valence-electron chi connectivity index (χ4n) is 3.45. The van der Waals surface area contributed by atoms with Crippen molar-refractivity contribution in [3.8, 4) is 5.75 Å². The van der Waals surface area contributed by atoms with E-state index in [4.69, 9.17) is 4.74 Å². The van der Waals surface area contributed by atoms with Crippen LogP contribution in [0.4, 0.5) is 11.4 Å². The van der Waals surface area contributed by atoms with Gasteiger partial charge in [-0.3, -0.25) is 4.79 Å². The number of ether oxygens (including phenoxy) is 1. The molecule has 0 bridgehead atoms. The number of rotatable bonds is 7. The topological polar surface area (TPSA) is 82.2 Å². The highest BCUT2D eigenvalue weighted by molar-refractivity contribution is 7.89. The lowest BCUT2D eigenvalue weighted by Crippen LogP contribution is -2.50. The van der Waals surface area contributed by atoms with Crippen LogP contribution >= 0.6 is 0 Å². The van der Waals surface area contributed by atoms with Crippen molar-refractivity contribution in [1.29, 1.82) is 0 Å². The Labute approximate surface area is 184 Å². The number of hydrogen-bond donors (Lipinski definition) is 1. The summed E-state index contributed by atoms with van der Waals surface area (Å²) >= 11 is 0. The summed E-state index contributed by atoms with van der Waals surface area (Å²) in [4.78, 5) is 17.0. The molecule has 1 aliphatic rings. The van der Waals surface area contributed by atoms with Crippen molar-refractivity contribution in [2.45, 2.75) is 11.8 Å². The van der Waals surface area contributed by atoms with E-state index >= 15 is 0 Å². The predicted molar refractivity (Wildman–Crippen MR) is 122 cm³/mol. The van der Waals surface area contributed by atoms with Gasteiger partial charge in [-0.05, 0) is 48.9 Å². The van der Waals surface area contributed by atoms with Gasteiger partial charge >= 0.3 is 0 Å². The molecule has 3 rings (SSSR count). The second-order valence-corrected chi connectivity index (χ2v) is 9.84. The maximum absolute atomic E-state index is 12.7. The van der Waals surface area contributed by atoms with Crippen LogP contribution in [0.2, 0.25) is 0 Å². The fraction of sp³-hybridized carbons (Fsp3) is 0.409. The van der Waals surface area contributed by atoms with Crippen LogP contribution in [0, 0.1) is 6.92 Å². The highest BCUT2D eigenvalue weighted by atomic mass is 32.2. The van der Waals surface area contributed by atoms with Gasteiger partial charge in [0.05, 0.1) is 18.6 Å². The first-order valence-corrected chi connectivity index (χ1v) is 11.6. The van der Waals surface area contributed by atoms with Crippen LogP contribution in [0.25, 0.3) is 0 Å². The first-order chi connectivity index (χ1) is 14.7. The van der Waals surface area contributed by atoms with Crippen LogP contribution in [-0.2, 0) is 14.8 Å². The van der Waals surface area contributed by atoms with Crippen LogP contribution in [0.1, 0.15) is 5.56 Å². The number of hydrogen-bond acceptors (Lipinski definition) is 6. The number of anilines is 2. The molecular weight excluding hydrogens is 416 g/mol. The Morgan fingerprint density at radius 3 is 2.29 bits per heavy atom. The van der Waals surface area contributed by atoms with E-state index in [1.165, 1.54) is 18.4 Å². The number of carbonyl (C=O) groups excluding carboxylic acids is 1. The SMILES string of the molecule is COc1ccc(N2CCN(C(=O)CNc3cc(S(=O)(=O)N(C)C)ccc3C)CC2)cc1. The minimum absolute atomic E-state index is 0.00495. The molecule has 1 N–H and O–H groups in total. The molecule has 2 aromatic rings. The van der Waals surface area contributed by atoms with E-state index in [1.54, 1.807) is 25.3 Å². The standard InChI is InChI=1S/C22H30N4O4S/c1-17-5-10-20(31(28,29)24(2)3)15-21(17)23-16-22(27)26-13-11-25(12-14-26)18-6-8-19(30-4)9-7-18/h5-10,15,23H,11-14,16H2,1-4H3. The molecule has 0 unspecified atom stereocenters. The highest BCUT2D eigenvalue weighted by Gasteiger charge is 2.22. The Kier molecular flexibility index (Phi) is 7.07. The molecule has 168 valence electrons. The third-order valence-corrected chi connectivity index (χ3v) is 7.30. The smallest absolute Gasteiger partial charge is 0.242 e. The van der Waals surface area contributed by atoms with Gasteiger partial charge in [0.2, 0.25) is 15.9 Å². The third kappa shape index (κ3) is 5.29. The van der Waals surface area contributed by atoms with Gasteiger partial charge in [-0.15, -0.1) is 0 Å². The first-order valence-electron chi connectivity index (χ1n) is 10.2. The van der Waals surface area contributed by atoms with Crippen LogP contribution in [0.15, 0.2) is 47.4 Å². The van der Waals surface area contributed by atoms with Crippen molar-refractivity contribution in [1.82, 2.24) is 9.21 Å². The number of aryl methyl sites for hydroxylation is 1. The summed E-state index contributed by atoms with van der Waals surface area (Å²) in [5, 5.41) is 3.12. The molecule has 0 atom stereocenters. The van der Waals surface area contributed by atoms with Gasteiger partial charge in [0.1, 0.15) is 5.75 Å². The number of piperazine rings is 1. The zero-order valence-corrected chi connectivity index (χ0v) is 19.3. The average Bonchev–Trinajstić information content (AvgIpc) is 2.78. The van der Waals surface area contributed by atoms with Crippen molar-refractivity contribution in [2.75, 3.05) is 64.1 Å². The van der Waals surface area contributed by atoms with Gasteiger partial charge < -0.3 is 19.9 Å². The Bertz CT molecular complexity index is 1010. The van der Waals surface area contributed by atoms with Crippen molar-refractivity contribution in [3.05, 3.63) is 48.0 Å². The summed E-state index contributed by atoms with van der Waals surface area (Å²) in [6, 6.07) is 12.8. The molecule has 0 spiro atoms. The Morgan fingerprint density at radius 2 is 1.71 bits per heavy atom. The zero-order chi connectivity index (χ0) is 22.6. The Hall–Kier alpha value is -2.78. The average molecular weight is 447 g/mol. The van der Waals surface area contributed by atoms with E-state index in [9.17, 15) is 13.2 Å². The molecule has 0 radical (unpaired) electrons. The van der Waals surface area contributed by atoms with Gasteiger partial charge in [-0.25, -0.2) is 12.7 Å². The molecule has 1 amide bonds. The van der Waals surface area contributed by atoms with E-state index in [2.05, 4.69) is 10.2 Å². The summed E-state index contributed by atoms with van der Waals surface area (Å²) in [6.07, 6.45) is 0. The number of nitrogens with zero attached hydrogens (tertiary/aromatic N) is 3. The summed E-state index contributed by atoms with van der Waals surface area (Å²) in [7, 11) is 1.11. The van der Waals surface area contributed by atoms with Crippen LogP contribution in [0.5, 0.6) is 5.75 Å². The molecular formula is C22H30N4O4S. The number of methoxy groups -OCH3 is 1. The monoisotopic (exact) mass is 446 g/mol. The summed E-state index contributed by atoms with van der Waals surface area (Å²) in [5.74, 6) is 0.816. The molecule has 0 aliphatic carbocycles. The second kappa shape index (κ2) is 9.57. The number of carbonyl (C=O) groups is 1. The molecule has 1 aliphatic heterocycles. The Morgan fingerprint density at radius 1 is 1.06 bits per heavy atom. The largest absolute Gasteiger partial charge is 0.497 e. The number of benzene rings is 2. The maximum Gasteiger partial charge on any atom is 0.242 e. The lowest BCUT2D eigenvalue weighted by molar-refractivity contribution is -0.129. The molecule has 2 aromatic carbocycles. The molecule has 1 heterocycles. The van der Waals surface area contributed by atoms with Crippen molar-refractivity contribution in [3.63, 3.8) is 0 Å². The van der Waals surface area contributed by atoms with Gasteiger partial charge in [0.25, 0.3) is 0 Å². The molecule has 9 heteroatoms. The van der Waals surface area contributed by atoms with Crippen LogP contribution in [0.3, 0.4) is 0 Å². The quantitative estimate of drug-likeness (QED) is 0.701. The van der Waals surface area contributed by atoms with Crippen molar-refractivity contribution < 1.29 is 17.9 Å². The zero-order valence-electron chi connectivity index (χ0n) is 18.5. The van der Waals surface area contributed by atoms with Gasteiger partial charge in [-0.1, -0.05) is 6.07 Å². The van der Waals surface area contributed by atoms with E-state index < -0.39 is 10.0 Å². The maximum atomic E-state index is 12.7. The van der Waals surface area contributed by atoms with E-state index in [0.717, 1.165) is 30.1 Å². The first kappa shape index (κ1) is 22.9. The van der Waals surface area contributed by atoms with Crippen molar-refractivity contribution >= 4 is 27.3 Å². The highest BCUT2D eigenvalue weighted by Crippen LogP contribution is 2.23. The van der Waals surface area contributed by atoms with E-state index in [0.29, 0.717) is 18.8 Å². The van der Waals surface area contributed by atoms with Gasteiger partial charge in [0, 0.05) is 51.6 Å². The number of nitrogens with one attached hydrogen (secondary N) is 1. The van der Waals surface area contributed by atoms with Gasteiger partial charge in [0.15, 0.2) is 0 Å². The minimum Gasteiger partial charge on any atom is -0.497 e. The van der Waals surface area contributed by atoms with E-state index in [1.807, 2.05) is 36.1 Å². The molecule has 1 fully saturated rings. The van der Waals surface area contributed by atoms with Crippen LogP contribution in [-0.4, -0.2) is 77.5 Å². The third-order valence-electron chi connectivity index (χ3n) is 5.49. The predicted octanol–water partition coefficient (Wildman–Crippen LogP) is 2.01. The summed E-state index contributed by atoms with van der Waals surface area (Å²) in [5.41, 5.74) is 2.64. The number of sulfonamides is 1. The molecule has 31 heavy (non-hydrogen) atoms. The van der Waals surface area contributed by atoms with E-state index in [-0.39, 0.29) is 17.3 Å². The lowest BCUT2D eigenvalue weighted by atomic mass is 10.2. The van der Waals surface area contributed by atoms with Gasteiger partial charge in [-0.2, -0.15) is 0 Å². The molecule has 8 nitrogen and oxygen atoms in total. The lowest BCUT2D eigenvalue weighted by Gasteiger charge is -2.36. The summed E-state index contributed by atoms with van der Waals surface area (Å²) < 4.78 is 31.1. The molecule has 1 saturated heterocycles. The molecule has 0 saturated carbocycles. The van der Waals surface area contributed by atoms with Crippen LogP contribution < -0.4 is 15.0 Å². The van der Waals surface area contributed by atoms with Crippen molar-refractivity contribution in [2.24, 2.45) is 0 Å².